The van der Waals surface area contributed by atoms with E-state index in [4.69, 9.17) is 4.74 Å². The van der Waals surface area contributed by atoms with Crippen LogP contribution in [0.4, 0.5) is 0 Å². The second kappa shape index (κ2) is 5.56. The summed E-state index contributed by atoms with van der Waals surface area (Å²) in [5, 5.41) is 1.96. The average molecular weight is 342 g/mol. The number of likely N-dealkylation sites (tertiary alicyclic amines) is 1. The Bertz CT molecular complexity index is 627. The Kier molecular flexibility index (Phi) is 3.81. The summed E-state index contributed by atoms with van der Waals surface area (Å²) in [7, 11) is -3.11. The van der Waals surface area contributed by atoms with E-state index in [0.29, 0.717) is 19.1 Å². The lowest BCUT2D eigenvalue weighted by Crippen LogP contribution is -2.43. The quantitative estimate of drug-likeness (QED) is 0.846. The Morgan fingerprint density at radius 2 is 2.32 bits per heavy atom. The Balaban J connectivity index is 1.42. The molecule has 1 aliphatic carbocycles. The number of fused-ring (bicyclic) bond motifs is 1. The number of rotatable bonds is 6. The van der Waals surface area contributed by atoms with Crippen LogP contribution in [0.3, 0.4) is 0 Å². The first-order chi connectivity index (χ1) is 10.6. The molecule has 0 unspecified atom stereocenters. The molecule has 2 aliphatic heterocycles. The Labute approximate surface area is 135 Å². The zero-order valence-electron chi connectivity index (χ0n) is 12.5. The predicted molar refractivity (Wildman–Crippen MR) is 86.3 cm³/mol. The maximum Gasteiger partial charge on any atom is 0.214 e. The van der Waals surface area contributed by atoms with E-state index in [0.717, 1.165) is 39.1 Å². The molecule has 1 aromatic rings. The van der Waals surface area contributed by atoms with Crippen molar-refractivity contribution in [1.29, 1.82) is 0 Å². The summed E-state index contributed by atoms with van der Waals surface area (Å²) in [5.41, 5.74) is -0.0424. The molecule has 5 nitrogen and oxygen atoms in total. The Morgan fingerprint density at radius 3 is 3.05 bits per heavy atom. The van der Waals surface area contributed by atoms with E-state index >= 15 is 0 Å². The molecule has 0 amide bonds. The highest BCUT2D eigenvalue weighted by Crippen LogP contribution is 2.42. The number of ether oxygens (including phenoxy) is 1. The monoisotopic (exact) mass is 342 g/mol. The van der Waals surface area contributed by atoms with Gasteiger partial charge in [-0.25, -0.2) is 13.1 Å². The summed E-state index contributed by atoms with van der Waals surface area (Å²) < 4.78 is 32.8. The molecule has 1 aromatic heterocycles. The molecule has 2 saturated heterocycles. The highest BCUT2D eigenvalue weighted by atomic mass is 32.2. The van der Waals surface area contributed by atoms with E-state index in [1.165, 1.54) is 4.88 Å². The lowest BCUT2D eigenvalue weighted by Gasteiger charge is -2.27. The molecular weight excluding hydrogens is 320 g/mol. The van der Waals surface area contributed by atoms with Crippen LogP contribution in [0.15, 0.2) is 17.5 Å². The largest absolute Gasteiger partial charge is 0.380 e. The first-order valence-electron chi connectivity index (χ1n) is 7.88. The standard InChI is InChI=1S/C15H22N2O3S2/c18-22(19,14-3-4-14)16-9-15-10-17(6-12(15)8-20-11-15)7-13-2-1-5-21-13/h1-2,5,12,14,16H,3-4,6-11H2/t12-,15+/m1/s1. The summed E-state index contributed by atoms with van der Waals surface area (Å²) >= 11 is 1.78. The average Bonchev–Trinajstić information content (AvgIpc) is 2.95. The molecule has 0 aromatic carbocycles. The van der Waals surface area contributed by atoms with Crippen LogP contribution < -0.4 is 4.72 Å². The van der Waals surface area contributed by atoms with Crippen LogP contribution in [0.2, 0.25) is 0 Å². The minimum Gasteiger partial charge on any atom is -0.380 e. The lowest BCUT2D eigenvalue weighted by atomic mass is 9.81. The van der Waals surface area contributed by atoms with Crippen LogP contribution >= 0.6 is 11.3 Å². The summed E-state index contributed by atoms with van der Waals surface area (Å²) in [6, 6.07) is 4.25. The van der Waals surface area contributed by atoms with Crippen molar-refractivity contribution >= 4 is 21.4 Å². The van der Waals surface area contributed by atoms with Gasteiger partial charge in [-0.3, -0.25) is 4.90 Å². The molecule has 1 saturated carbocycles. The fourth-order valence-corrected chi connectivity index (χ4v) is 5.90. The summed E-state index contributed by atoms with van der Waals surface area (Å²) in [6.45, 7) is 4.84. The topological polar surface area (TPSA) is 58.6 Å². The van der Waals surface area contributed by atoms with Gasteiger partial charge in [0.25, 0.3) is 0 Å². The second-order valence-electron chi connectivity index (χ2n) is 6.89. The first-order valence-corrected chi connectivity index (χ1v) is 10.3. The zero-order valence-corrected chi connectivity index (χ0v) is 14.2. The normalized spacial score (nSPS) is 32.5. The van der Waals surface area contributed by atoms with E-state index in [1.807, 2.05) is 0 Å². The van der Waals surface area contributed by atoms with Crippen molar-refractivity contribution in [1.82, 2.24) is 9.62 Å². The number of hydrogen-bond donors (Lipinski definition) is 1. The smallest absolute Gasteiger partial charge is 0.214 e. The molecule has 2 atom stereocenters. The molecule has 0 radical (unpaired) electrons. The van der Waals surface area contributed by atoms with Gasteiger partial charge in [0.2, 0.25) is 10.0 Å². The van der Waals surface area contributed by atoms with Crippen LogP contribution in [0.1, 0.15) is 17.7 Å². The zero-order chi connectivity index (χ0) is 15.2. The molecule has 122 valence electrons. The minimum absolute atomic E-state index is 0.0424. The van der Waals surface area contributed by atoms with Crippen LogP contribution in [0.5, 0.6) is 0 Å². The van der Waals surface area contributed by atoms with E-state index < -0.39 is 10.0 Å². The van der Waals surface area contributed by atoms with Gasteiger partial charge in [0.1, 0.15) is 0 Å². The van der Waals surface area contributed by atoms with Crippen molar-refractivity contribution in [2.45, 2.75) is 24.6 Å². The predicted octanol–water partition coefficient (Wildman–Crippen LogP) is 1.28. The van der Waals surface area contributed by atoms with Crippen molar-refractivity contribution in [2.24, 2.45) is 11.3 Å². The highest BCUT2D eigenvalue weighted by Gasteiger charge is 2.51. The van der Waals surface area contributed by atoms with Crippen molar-refractivity contribution in [3.05, 3.63) is 22.4 Å². The van der Waals surface area contributed by atoms with Crippen molar-refractivity contribution in [2.75, 3.05) is 32.8 Å². The van der Waals surface area contributed by atoms with Crippen LogP contribution in [-0.4, -0.2) is 51.4 Å². The van der Waals surface area contributed by atoms with Gasteiger partial charge in [-0.15, -0.1) is 11.3 Å². The molecule has 1 N–H and O–H groups in total. The summed E-state index contributed by atoms with van der Waals surface area (Å²) in [5.74, 6) is 0.439. The van der Waals surface area contributed by atoms with Gasteiger partial charge < -0.3 is 4.74 Å². The molecule has 4 rings (SSSR count). The summed E-state index contributed by atoms with van der Waals surface area (Å²) in [4.78, 5) is 3.82. The molecule has 22 heavy (non-hydrogen) atoms. The van der Waals surface area contributed by atoms with E-state index in [9.17, 15) is 8.42 Å². The highest BCUT2D eigenvalue weighted by molar-refractivity contribution is 7.90. The van der Waals surface area contributed by atoms with Gasteiger partial charge in [0.05, 0.1) is 18.5 Å². The number of hydrogen-bond acceptors (Lipinski definition) is 5. The third-order valence-corrected chi connectivity index (χ3v) is 7.90. The van der Waals surface area contributed by atoms with Crippen molar-refractivity contribution < 1.29 is 13.2 Å². The SMILES string of the molecule is O=S(=O)(NC[C@]12COC[C@H]1CN(Cc1cccs1)C2)C1CC1. The fraction of sp³-hybridized carbons (Fsp3) is 0.733. The van der Waals surface area contributed by atoms with Crippen LogP contribution in [-0.2, 0) is 21.3 Å². The fourth-order valence-electron chi connectivity index (χ4n) is 3.68. The van der Waals surface area contributed by atoms with Crippen molar-refractivity contribution in [3.8, 4) is 0 Å². The van der Waals surface area contributed by atoms with Gasteiger partial charge in [0, 0.05) is 42.4 Å². The van der Waals surface area contributed by atoms with E-state index in [-0.39, 0.29) is 10.7 Å². The van der Waals surface area contributed by atoms with Gasteiger partial charge >= 0.3 is 0 Å². The third kappa shape index (κ3) is 2.85. The molecule has 0 bridgehead atoms. The lowest BCUT2D eigenvalue weighted by molar-refractivity contribution is 0.128. The first kappa shape index (κ1) is 15.1. The maximum atomic E-state index is 12.1. The number of nitrogens with zero attached hydrogens (tertiary/aromatic N) is 1. The molecule has 7 heteroatoms. The number of thiophene rings is 1. The van der Waals surface area contributed by atoms with Gasteiger partial charge in [0.15, 0.2) is 0 Å². The molecule has 0 spiro atoms. The van der Waals surface area contributed by atoms with E-state index in [2.05, 4.69) is 27.1 Å². The van der Waals surface area contributed by atoms with Gasteiger partial charge in [-0.1, -0.05) is 6.07 Å². The van der Waals surface area contributed by atoms with Crippen molar-refractivity contribution in [3.63, 3.8) is 0 Å². The molecular formula is C15H22N2O3S2. The second-order valence-corrected chi connectivity index (χ2v) is 9.97. The number of nitrogens with one attached hydrogen (secondary N) is 1. The summed E-state index contributed by atoms with van der Waals surface area (Å²) in [6.07, 6.45) is 1.62. The molecule has 3 heterocycles. The van der Waals surface area contributed by atoms with Gasteiger partial charge in [-0.2, -0.15) is 0 Å². The maximum absolute atomic E-state index is 12.1. The van der Waals surface area contributed by atoms with Crippen LogP contribution in [0.25, 0.3) is 0 Å². The van der Waals surface area contributed by atoms with Gasteiger partial charge in [-0.05, 0) is 24.3 Å². The molecule has 3 aliphatic rings. The third-order valence-electron chi connectivity index (χ3n) is 5.14. The Hall–Kier alpha value is -0.470. The minimum atomic E-state index is -3.11. The number of sulfonamides is 1. The van der Waals surface area contributed by atoms with E-state index in [1.54, 1.807) is 11.3 Å². The molecule has 3 fully saturated rings. The Morgan fingerprint density at radius 1 is 1.45 bits per heavy atom. The van der Waals surface area contributed by atoms with Crippen LogP contribution in [0, 0.1) is 11.3 Å².